The number of fused-ring (bicyclic) bond motifs is 1. The average Bonchev–Trinajstić information content (AvgIpc) is 3.34. The lowest BCUT2D eigenvalue weighted by Gasteiger charge is -2.34. The second kappa shape index (κ2) is 12.0. The molecule has 4 N–H and O–H groups in total. The molecule has 0 radical (unpaired) electrons. The molecule has 0 saturated carbocycles. The van der Waals surface area contributed by atoms with Gasteiger partial charge in [0.15, 0.2) is 5.82 Å². The van der Waals surface area contributed by atoms with E-state index in [1.807, 2.05) is 12.1 Å². The summed E-state index contributed by atoms with van der Waals surface area (Å²) >= 11 is 0. The van der Waals surface area contributed by atoms with Crippen molar-refractivity contribution in [1.82, 2.24) is 15.1 Å². The summed E-state index contributed by atoms with van der Waals surface area (Å²) in [6.45, 7) is 4.72. The Bertz CT molecular complexity index is 1480. The van der Waals surface area contributed by atoms with E-state index in [4.69, 9.17) is 4.74 Å². The Hall–Kier alpha value is -4.06. The predicted octanol–water partition coefficient (Wildman–Crippen LogP) is 3.99. The Morgan fingerprint density at radius 2 is 1.80 bits per heavy atom. The number of carbonyl (C=O) groups is 1. The molecule has 5 rings (SSSR count). The van der Waals surface area contributed by atoms with Gasteiger partial charge in [-0.25, -0.2) is 8.78 Å². The number of amides is 1. The van der Waals surface area contributed by atoms with Crippen LogP contribution in [-0.2, 0) is 4.74 Å². The van der Waals surface area contributed by atoms with Crippen LogP contribution >= 0.6 is 0 Å². The van der Waals surface area contributed by atoms with Gasteiger partial charge in [-0.05, 0) is 60.6 Å². The average molecular weight is 551 g/mol. The summed E-state index contributed by atoms with van der Waals surface area (Å²) in [4.78, 5) is 18.0. The highest BCUT2D eigenvalue weighted by Crippen LogP contribution is 2.30. The van der Waals surface area contributed by atoms with Crippen LogP contribution in [0.25, 0.3) is 10.9 Å². The summed E-state index contributed by atoms with van der Waals surface area (Å²) in [5.41, 5.74) is 3.25. The second-order valence-electron chi connectivity index (χ2n) is 9.88. The van der Waals surface area contributed by atoms with Gasteiger partial charge >= 0.3 is 0 Å². The van der Waals surface area contributed by atoms with Gasteiger partial charge in [-0.2, -0.15) is 5.10 Å². The van der Waals surface area contributed by atoms with Gasteiger partial charge in [-0.3, -0.25) is 9.89 Å². The summed E-state index contributed by atoms with van der Waals surface area (Å²) in [6, 6.07) is 13.6. The number of carbonyl (C=O) groups excluding carboxylic acids is 1. The Balaban J connectivity index is 1.40. The van der Waals surface area contributed by atoms with Gasteiger partial charge in [0.1, 0.15) is 17.7 Å². The third kappa shape index (κ3) is 6.06. The number of aliphatic hydroxyl groups excluding tert-OH is 1. The first-order valence-electron chi connectivity index (χ1n) is 13.1. The van der Waals surface area contributed by atoms with Crippen LogP contribution < -0.4 is 15.5 Å². The summed E-state index contributed by atoms with van der Waals surface area (Å²) in [7, 11) is 3.72. The molecule has 0 bridgehead atoms. The lowest BCUT2D eigenvalue weighted by Crippen LogP contribution is -2.44. The molecule has 1 aromatic heterocycles. The number of aromatic amines is 1. The van der Waals surface area contributed by atoms with E-state index in [9.17, 15) is 18.7 Å². The Morgan fingerprint density at radius 3 is 2.52 bits per heavy atom. The van der Waals surface area contributed by atoms with Crippen LogP contribution in [0.3, 0.4) is 0 Å². The fourth-order valence-electron chi connectivity index (χ4n) is 4.82. The van der Waals surface area contributed by atoms with Crippen molar-refractivity contribution < 1.29 is 23.4 Å². The molecular weight excluding hydrogens is 518 g/mol. The number of halogens is 2. The molecule has 210 valence electrons. The van der Waals surface area contributed by atoms with Gasteiger partial charge in [0.05, 0.1) is 17.7 Å². The lowest BCUT2D eigenvalue weighted by atomic mass is 10.00. The minimum Gasteiger partial charge on any atom is -0.384 e. The third-order valence-electron chi connectivity index (χ3n) is 7.07. The second-order valence-corrected chi connectivity index (χ2v) is 9.88. The minimum absolute atomic E-state index is 0.0816. The van der Waals surface area contributed by atoms with E-state index in [0.29, 0.717) is 40.9 Å². The first-order valence-corrected chi connectivity index (χ1v) is 13.1. The molecule has 1 fully saturated rings. The van der Waals surface area contributed by atoms with Crippen molar-refractivity contribution in [2.45, 2.75) is 6.10 Å². The van der Waals surface area contributed by atoms with E-state index in [0.717, 1.165) is 50.1 Å². The molecule has 1 unspecified atom stereocenters. The van der Waals surface area contributed by atoms with Gasteiger partial charge in [-0.15, -0.1) is 0 Å². The van der Waals surface area contributed by atoms with Crippen LogP contribution in [-0.4, -0.2) is 79.6 Å². The van der Waals surface area contributed by atoms with Gasteiger partial charge in [0.25, 0.3) is 5.91 Å². The number of likely N-dealkylation sites (N-methyl/N-ethyl adjacent to an activating group) is 1. The number of H-pyrrole nitrogens is 1. The molecule has 1 amide bonds. The number of aliphatic hydroxyl groups is 1. The first-order chi connectivity index (χ1) is 19.3. The van der Waals surface area contributed by atoms with Crippen molar-refractivity contribution >= 4 is 34.0 Å². The SMILES string of the molecule is COCCNc1cc(N2CCN(C)CC2)ccc1C(=O)Nc1n[nH]c2ccc(C(O)c3cc(F)cc(F)c3)cc12. The molecular formula is C29H32F2N6O3. The number of hydrogen-bond donors (Lipinski definition) is 4. The quantitative estimate of drug-likeness (QED) is 0.234. The topological polar surface area (TPSA) is 106 Å². The van der Waals surface area contributed by atoms with Crippen molar-refractivity contribution in [3.63, 3.8) is 0 Å². The maximum absolute atomic E-state index is 13.7. The zero-order valence-electron chi connectivity index (χ0n) is 22.4. The van der Waals surface area contributed by atoms with Crippen LogP contribution in [0.1, 0.15) is 27.6 Å². The minimum atomic E-state index is -1.27. The monoisotopic (exact) mass is 550 g/mol. The largest absolute Gasteiger partial charge is 0.384 e. The molecule has 1 aliphatic heterocycles. The molecule has 3 aromatic carbocycles. The summed E-state index contributed by atoms with van der Waals surface area (Å²) < 4.78 is 32.6. The Morgan fingerprint density at radius 1 is 1.05 bits per heavy atom. The molecule has 11 heteroatoms. The molecule has 1 atom stereocenters. The highest BCUT2D eigenvalue weighted by atomic mass is 19.1. The van der Waals surface area contributed by atoms with Gasteiger partial charge in [0, 0.05) is 62.7 Å². The number of nitrogens with zero attached hydrogens (tertiary/aromatic N) is 3. The maximum Gasteiger partial charge on any atom is 0.258 e. The van der Waals surface area contributed by atoms with Gasteiger partial charge in [0.2, 0.25) is 0 Å². The zero-order chi connectivity index (χ0) is 28.2. The number of hydrogen-bond acceptors (Lipinski definition) is 7. The van der Waals surface area contributed by atoms with Crippen LogP contribution in [0, 0.1) is 11.6 Å². The number of anilines is 3. The Kier molecular flexibility index (Phi) is 8.24. The number of aromatic nitrogens is 2. The summed E-state index contributed by atoms with van der Waals surface area (Å²) in [6.07, 6.45) is -1.27. The van der Waals surface area contributed by atoms with Crippen LogP contribution in [0.4, 0.5) is 26.0 Å². The molecule has 0 spiro atoms. The van der Waals surface area contributed by atoms with E-state index in [2.05, 4.69) is 37.7 Å². The van der Waals surface area contributed by atoms with Crippen molar-refractivity contribution in [2.75, 3.05) is 69.0 Å². The van der Waals surface area contributed by atoms with Crippen LogP contribution in [0.15, 0.2) is 54.6 Å². The predicted molar refractivity (Wildman–Crippen MR) is 151 cm³/mol. The van der Waals surface area contributed by atoms with E-state index in [-0.39, 0.29) is 17.3 Å². The van der Waals surface area contributed by atoms with Crippen molar-refractivity contribution in [3.05, 3.63) is 82.9 Å². The fourth-order valence-corrected chi connectivity index (χ4v) is 4.82. The van der Waals surface area contributed by atoms with Crippen LogP contribution in [0.2, 0.25) is 0 Å². The Labute approximate surface area is 230 Å². The number of nitrogens with one attached hydrogen (secondary N) is 3. The molecule has 1 saturated heterocycles. The molecule has 4 aromatic rings. The smallest absolute Gasteiger partial charge is 0.258 e. The normalized spacial score (nSPS) is 14.9. The molecule has 40 heavy (non-hydrogen) atoms. The van der Waals surface area contributed by atoms with Crippen molar-refractivity contribution in [2.24, 2.45) is 0 Å². The number of benzene rings is 3. The number of rotatable bonds is 9. The molecule has 9 nitrogen and oxygen atoms in total. The molecule has 1 aliphatic rings. The zero-order valence-corrected chi connectivity index (χ0v) is 22.4. The van der Waals surface area contributed by atoms with Crippen molar-refractivity contribution in [1.29, 1.82) is 0 Å². The van der Waals surface area contributed by atoms with Crippen molar-refractivity contribution in [3.8, 4) is 0 Å². The van der Waals surface area contributed by atoms with E-state index >= 15 is 0 Å². The number of piperazine rings is 1. The number of methoxy groups -OCH3 is 1. The van der Waals surface area contributed by atoms with E-state index in [1.165, 1.54) is 0 Å². The summed E-state index contributed by atoms with van der Waals surface area (Å²) in [5.74, 6) is -1.65. The maximum atomic E-state index is 13.7. The first kappa shape index (κ1) is 27.5. The standard InChI is InChI=1S/C29H32F2N6O3/c1-36-8-10-37(11-9-36)22-4-5-23(26(17-22)32-7-12-40-2)29(39)33-28-24-15-18(3-6-25(24)34-35-28)27(38)19-13-20(30)16-21(31)14-19/h3-6,13-17,27,32,38H,7-12H2,1-2H3,(H2,33,34,35,39). The van der Waals surface area contributed by atoms with E-state index < -0.39 is 17.7 Å². The molecule has 2 heterocycles. The van der Waals surface area contributed by atoms with E-state index in [1.54, 1.807) is 31.4 Å². The third-order valence-corrected chi connectivity index (χ3v) is 7.07. The highest BCUT2D eigenvalue weighted by molar-refractivity contribution is 6.11. The lowest BCUT2D eigenvalue weighted by molar-refractivity contribution is 0.102. The molecule has 0 aliphatic carbocycles. The van der Waals surface area contributed by atoms with Crippen LogP contribution in [0.5, 0.6) is 0 Å². The fraction of sp³-hybridized carbons (Fsp3) is 0.310. The number of ether oxygens (including phenoxy) is 1. The highest BCUT2D eigenvalue weighted by Gasteiger charge is 2.20. The summed E-state index contributed by atoms with van der Waals surface area (Å²) in [5, 5.41) is 24.6. The van der Waals surface area contributed by atoms with Gasteiger partial charge in [-0.1, -0.05) is 6.07 Å². The van der Waals surface area contributed by atoms with Gasteiger partial charge < -0.3 is 30.3 Å².